The van der Waals surface area contributed by atoms with E-state index in [1.165, 1.54) is 30.6 Å². The average molecular weight is 199 g/mol. The van der Waals surface area contributed by atoms with Crippen molar-refractivity contribution < 1.29 is 11.0 Å². The number of hydrogen-bond acceptors (Lipinski definition) is 1. The summed E-state index contributed by atoms with van der Waals surface area (Å²) >= 11 is 0. The van der Waals surface area contributed by atoms with E-state index in [-0.39, 0.29) is 11.0 Å². The van der Waals surface area contributed by atoms with Gasteiger partial charge in [0, 0.05) is 0 Å². The molecule has 1 heterocycles. The molecule has 2 rings (SSSR count). The highest BCUT2D eigenvalue weighted by atomic mass is 16.0. The lowest BCUT2D eigenvalue weighted by atomic mass is 10.1. The van der Waals surface area contributed by atoms with Crippen molar-refractivity contribution in [3.8, 4) is 0 Å². The zero-order chi connectivity index (χ0) is 8.81. The molecule has 1 fully saturated rings. The van der Waals surface area contributed by atoms with Crippen LogP contribution in [0.5, 0.6) is 0 Å². The molecule has 82 valence electrons. The van der Waals surface area contributed by atoms with Gasteiger partial charge in [0.15, 0.2) is 0 Å². The number of aryl methyl sites for hydroxylation is 2. The summed E-state index contributed by atoms with van der Waals surface area (Å²) in [5, 5.41) is 3.11. The maximum absolute atomic E-state index is 3.11. The van der Waals surface area contributed by atoms with E-state index in [9.17, 15) is 0 Å². The highest BCUT2D eigenvalue weighted by Crippen LogP contribution is 2.02. The van der Waals surface area contributed by atoms with Gasteiger partial charge < -0.3 is 16.3 Å². The largest absolute Gasteiger partial charge is 0.412 e. The van der Waals surface area contributed by atoms with Crippen molar-refractivity contribution in [3.63, 3.8) is 0 Å². The number of hydrogen-bond donors (Lipinski definition) is 1. The summed E-state index contributed by atoms with van der Waals surface area (Å²) in [5.41, 5.74) is 2.74. The van der Waals surface area contributed by atoms with Gasteiger partial charge in [-0.2, -0.15) is 0 Å². The molecule has 0 bridgehead atoms. The first-order chi connectivity index (χ1) is 5.80. The summed E-state index contributed by atoms with van der Waals surface area (Å²) in [6.45, 7) is 6.74. The van der Waals surface area contributed by atoms with Crippen molar-refractivity contribution in [2.24, 2.45) is 0 Å². The van der Waals surface area contributed by atoms with Gasteiger partial charge in [-0.25, -0.2) is 0 Å². The predicted octanol–water partition coefficient (Wildman–Crippen LogP) is 0.634. The maximum Gasteiger partial charge on any atom is -0.00368 e. The van der Waals surface area contributed by atoms with E-state index in [0.29, 0.717) is 0 Å². The molecular weight excluding hydrogens is 178 g/mol. The lowest BCUT2D eigenvalue weighted by Crippen LogP contribution is -2.29. The smallest absolute Gasteiger partial charge is 0.00368 e. The monoisotopic (exact) mass is 199 g/mol. The lowest BCUT2D eigenvalue weighted by Gasteiger charge is -2.09. The molecule has 1 saturated heterocycles. The van der Waals surface area contributed by atoms with E-state index in [2.05, 4.69) is 43.4 Å². The van der Waals surface area contributed by atoms with Gasteiger partial charge in [-0.3, -0.25) is 0 Å². The fourth-order valence-corrected chi connectivity index (χ4v) is 0.839. The molecule has 3 heteroatoms. The molecule has 3 nitrogen and oxygen atoms in total. The molecular formula is C11H21NO2. The zero-order valence-electron chi connectivity index (χ0n) is 8.93. The minimum Gasteiger partial charge on any atom is -0.412 e. The van der Waals surface area contributed by atoms with E-state index >= 15 is 0 Å². The Kier molecular flexibility index (Phi) is 9.66. The topological polar surface area (TPSA) is 75.0 Å². The van der Waals surface area contributed by atoms with Gasteiger partial charge in [-0.05, 0) is 44.5 Å². The van der Waals surface area contributed by atoms with Gasteiger partial charge in [-0.1, -0.05) is 24.3 Å². The van der Waals surface area contributed by atoms with Crippen molar-refractivity contribution in [2.75, 3.05) is 13.1 Å². The Morgan fingerprint density at radius 2 is 1.21 bits per heavy atom. The average Bonchev–Trinajstić information content (AvgIpc) is 1.92. The molecule has 14 heavy (non-hydrogen) atoms. The molecule has 0 amide bonds. The van der Waals surface area contributed by atoms with E-state index in [0.717, 1.165) is 0 Å². The first kappa shape index (κ1) is 15.6. The van der Waals surface area contributed by atoms with Crippen molar-refractivity contribution in [1.29, 1.82) is 0 Å². The molecule has 1 aromatic carbocycles. The third-order valence-electron chi connectivity index (χ3n) is 2.13. The Balaban J connectivity index is 0. The van der Waals surface area contributed by atoms with Crippen molar-refractivity contribution in [2.45, 2.75) is 20.3 Å². The van der Waals surface area contributed by atoms with Crippen molar-refractivity contribution in [1.82, 2.24) is 5.32 Å². The molecule has 0 radical (unpaired) electrons. The first-order valence-corrected chi connectivity index (χ1v) is 4.53. The molecule has 0 aliphatic carbocycles. The van der Waals surface area contributed by atoms with Crippen LogP contribution >= 0.6 is 0 Å². The second-order valence-corrected chi connectivity index (χ2v) is 3.19. The fraction of sp³-hybridized carbons (Fsp3) is 0.455. The van der Waals surface area contributed by atoms with Crippen LogP contribution in [-0.4, -0.2) is 24.0 Å². The van der Waals surface area contributed by atoms with Gasteiger partial charge in [0.05, 0.1) is 0 Å². The van der Waals surface area contributed by atoms with Crippen LogP contribution in [0, 0.1) is 13.8 Å². The molecule has 5 N–H and O–H groups in total. The summed E-state index contributed by atoms with van der Waals surface area (Å²) in [6.07, 6.45) is 1.39. The van der Waals surface area contributed by atoms with Crippen LogP contribution in [-0.2, 0) is 0 Å². The van der Waals surface area contributed by atoms with Crippen LogP contribution in [0.15, 0.2) is 24.3 Å². The van der Waals surface area contributed by atoms with E-state index in [4.69, 9.17) is 0 Å². The third-order valence-corrected chi connectivity index (χ3v) is 2.13. The Morgan fingerprint density at radius 1 is 0.929 bits per heavy atom. The summed E-state index contributed by atoms with van der Waals surface area (Å²) in [4.78, 5) is 0. The first-order valence-electron chi connectivity index (χ1n) is 4.53. The fourth-order valence-electron chi connectivity index (χ4n) is 0.839. The molecule has 0 aromatic heterocycles. The van der Waals surface area contributed by atoms with Crippen LogP contribution < -0.4 is 5.32 Å². The van der Waals surface area contributed by atoms with Crippen LogP contribution in [0.4, 0.5) is 0 Å². The molecule has 1 aliphatic rings. The Labute approximate surface area is 85.8 Å². The second kappa shape index (κ2) is 8.69. The summed E-state index contributed by atoms with van der Waals surface area (Å²) in [6, 6.07) is 8.36. The van der Waals surface area contributed by atoms with Crippen molar-refractivity contribution >= 4 is 0 Å². The normalized spacial score (nSPS) is 12.1. The highest BCUT2D eigenvalue weighted by Gasteiger charge is 1.92. The van der Waals surface area contributed by atoms with Gasteiger partial charge in [-0.15, -0.1) is 0 Å². The quantitative estimate of drug-likeness (QED) is 0.654. The minimum absolute atomic E-state index is 0. The standard InChI is InChI=1S/C8H10.C3H7N.2H2O/c1-7-5-3-4-6-8(7)2;1-2-4-3-1;;/h3-6H,1-2H3;4H,1-3H2;2*1H2. The number of nitrogens with one attached hydrogen (secondary N) is 1. The van der Waals surface area contributed by atoms with Gasteiger partial charge in [0.2, 0.25) is 0 Å². The third kappa shape index (κ3) is 5.70. The van der Waals surface area contributed by atoms with E-state index in [1.807, 2.05) is 0 Å². The Bertz CT molecular complexity index is 209. The van der Waals surface area contributed by atoms with Gasteiger partial charge in [0.25, 0.3) is 0 Å². The molecule has 0 atom stereocenters. The molecule has 1 aromatic rings. The summed E-state index contributed by atoms with van der Waals surface area (Å²) < 4.78 is 0. The van der Waals surface area contributed by atoms with Gasteiger partial charge >= 0.3 is 0 Å². The Morgan fingerprint density at radius 3 is 1.36 bits per heavy atom. The highest BCUT2D eigenvalue weighted by molar-refractivity contribution is 5.23. The molecule has 1 aliphatic heterocycles. The predicted molar refractivity (Wildman–Crippen MR) is 60.6 cm³/mol. The van der Waals surface area contributed by atoms with E-state index < -0.39 is 0 Å². The summed E-state index contributed by atoms with van der Waals surface area (Å²) in [7, 11) is 0. The van der Waals surface area contributed by atoms with Crippen LogP contribution in [0.3, 0.4) is 0 Å². The summed E-state index contributed by atoms with van der Waals surface area (Å²) in [5.74, 6) is 0. The molecule has 0 unspecified atom stereocenters. The van der Waals surface area contributed by atoms with Crippen molar-refractivity contribution in [3.05, 3.63) is 35.4 Å². The van der Waals surface area contributed by atoms with Crippen LogP contribution in [0.1, 0.15) is 17.5 Å². The number of benzene rings is 1. The zero-order valence-corrected chi connectivity index (χ0v) is 8.93. The molecule has 0 spiro atoms. The maximum atomic E-state index is 3.11. The van der Waals surface area contributed by atoms with Crippen LogP contribution in [0.2, 0.25) is 0 Å². The second-order valence-electron chi connectivity index (χ2n) is 3.19. The van der Waals surface area contributed by atoms with Gasteiger partial charge in [0.1, 0.15) is 0 Å². The number of rotatable bonds is 0. The lowest BCUT2D eigenvalue weighted by molar-refractivity contribution is 0.527. The van der Waals surface area contributed by atoms with E-state index in [1.54, 1.807) is 0 Å². The van der Waals surface area contributed by atoms with Crippen LogP contribution in [0.25, 0.3) is 0 Å². The minimum atomic E-state index is 0. The Hall–Kier alpha value is -0.900. The SMILES string of the molecule is C1CNC1.Cc1ccccc1C.O.O. The molecule has 0 saturated carbocycles.